The topological polar surface area (TPSA) is 46.5 Å². The lowest BCUT2D eigenvalue weighted by molar-refractivity contribution is -0.156. The third-order valence-electron chi connectivity index (χ3n) is 4.22. The molecule has 1 N–H and O–H groups in total. The molecule has 0 aromatic carbocycles. The second-order valence-corrected chi connectivity index (χ2v) is 6.53. The van der Waals surface area contributed by atoms with Crippen molar-refractivity contribution in [3.8, 4) is 0 Å². The summed E-state index contributed by atoms with van der Waals surface area (Å²) in [5.74, 6) is -0.762. The van der Waals surface area contributed by atoms with Crippen molar-refractivity contribution in [1.82, 2.24) is 0 Å². The van der Waals surface area contributed by atoms with Gasteiger partial charge in [-0.15, -0.1) is 0 Å². The number of hydrogen-bond acceptors (Lipinski definition) is 2. The number of carboxylic acids is 1. The Hall–Kier alpha value is -1.09. The summed E-state index contributed by atoms with van der Waals surface area (Å²) in [6, 6.07) is 0. The van der Waals surface area contributed by atoms with E-state index < -0.39 is 11.4 Å². The molecule has 2 atom stereocenters. The van der Waals surface area contributed by atoms with Crippen LogP contribution in [-0.2, 0) is 9.53 Å². The Balaban J connectivity index is 3.37. The first-order chi connectivity index (χ1) is 8.66. The van der Waals surface area contributed by atoms with Gasteiger partial charge < -0.3 is 9.84 Å². The summed E-state index contributed by atoms with van der Waals surface area (Å²) in [7, 11) is 1.66. The predicted molar refractivity (Wildman–Crippen MR) is 77.0 cm³/mol. The number of rotatable bonds is 4. The SMILES string of the molecule is COCCC1C(C)=CC(C)=CC1(C(=O)O)C(C)(C)C. The molecule has 0 bridgehead atoms. The minimum Gasteiger partial charge on any atom is -0.481 e. The lowest BCUT2D eigenvalue weighted by Crippen LogP contribution is -2.49. The largest absolute Gasteiger partial charge is 0.481 e. The quantitative estimate of drug-likeness (QED) is 0.844. The molecule has 1 aliphatic carbocycles. The van der Waals surface area contributed by atoms with Crippen LogP contribution in [0.4, 0.5) is 0 Å². The second-order valence-electron chi connectivity index (χ2n) is 6.53. The van der Waals surface area contributed by atoms with Gasteiger partial charge in [0, 0.05) is 19.6 Å². The summed E-state index contributed by atoms with van der Waals surface area (Å²) >= 11 is 0. The lowest BCUT2D eigenvalue weighted by atomic mass is 9.55. The van der Waals surface area contributed by atoms with Crippen molar-refractivity contribution in [2.45, 2.75) is 41.0 Å². The number of methoxy groups -OCH3 is 1. The highest BCUT2D eigenvalue weighted by molar-refractivity contribution is 5.80. The molecule has 1 rings (SSSR count). The number of allylic oxidation sites excluding steroid dienone is 3. The first-order valence-electron chi connectivity index (χ1n) is 6.76. The van der Waals surface area contributed by atoms with Crippen LogP contribution in [0.25, 0.3) is 0 Å². The Kier molecular flexibility index (Phi) is 4.62. The Labute approximate surface area is 116 Å². The van der Waals surface area contributed by atoms with Crippen molar-refractivity contribution >= 4 is 5.97 Å². The van der Waals surface area contributed by atoms with E-state index in [-0.39, 0.29) is 11.3 Å². The highest BCUT2D eigenvalue weighted by Crippen LogP contribution is 2.53. The molecule has 108 valence electrons. The number of hydrogen-bond donors (Lipinski definition) is 1. The number of aliphatic carboxylic acids is 1. The van der Waals surface area contributed by atoms with E-state index in [4.69, 9.17) is 4.74 Å². The number of carbonyl (C=O) groups is 1. The maximum absolute atomic E-state index is 12.1. The zero-order valence-corrected chi connectivity index (χ0v) is 12.9. The monoisotopic (exact) mass is 266 g/mol. The average molecular weight is 266 g/mol. The third kappa shape index (κ3) is 2.76. The van der Waals surface area contributed by atoms with Crippen LogP contribution in [0.15, 0.2) is 23.3 Å². The zero-order chi connectivity index (χ0) is 14.8. The molecule has 3 nitrogen and oxygen atoms in total. The fourth-order valence-corrected chi connectivity index (χ4v) is 3.28. The van der Waals surface area contributed by atoms with Crippen LogP contribution in [-0.4, -0.2) is 24.8 Å². The van der Waals surface area contributed by atoms with Gasteiger partial charge in [-0.3, -0.25) is 4.79 Å². The van der Waals surface area contributed by atoms with Crippen molar-refractivity contribution in [3.63, 3.8) is 0 Å². The fraction of sp³-hybridized carbons (Fsp3) is 0.688. The molecule has 0 aromatic rings. The Morgan fingerprint density at radius 1 is 1.42 bits per heavy atom. The van der Waals surface area contributed by atoms with E-state index in [9.17, 15) is 9.90 Å². The Morgan fingerprint density at radius 2 is 2.00 bits per heavy atom. The maximum Gasteiger partial charge on any atom is 0.314 e. The van der Waals surface area contributed by atoms with E-state index in [0.29, 0.717) is 6.61 Å². The predicted octanol–water partition coefficient (Wildman–Crippen LogP) is 3.66. The Morgan fingerprint density at radius 3 is 2.42 bits per heavy atom. The van der Waals surface area contributed by atoms with Gasteiger partial charge >= 0.3 is 5.97 Å². The zero-order valence-electron chi connectivity index (χ0n) is 12.9. The molecule has 3 heteroatoms. The fourth-order valence-electron chi connectivity index (χ4n) is 3.28. The molecular formula is C16H26O3. The van der Waals surface area contributed by atoms with Crippen LogP contribution in [0.5, 0.6) is 0 Å². The molecule has 0 saturated carbocycles. The van der Waals surface area contributed by atoms with Crippen molar-refractivity contribution < 1.29 is 14.6 Å². The first-order valence-corrected chi connectivity index (χ1v) is 6.76. The van der Waals surface area contributed by atoms with Gasteiger partial charge in [0.25, 0.3) is 0 Å². The van der Waals surface area contributed by atoms with E-state index in [0.717, 1.165) is 17.6 Å². The van der Waals surface area contributed by atoms with E-state index in [2.05, 4.69) is 6.08 Å². The molecule has 19 heavy (non-hydrogen) atoms. The van der Waals surface area contributed by atoms with Crippen LogP contribution in [0, 0.1) is 16.7 Å². The minimum atomic E-state index is -0.867. The minimum absolute atomic E-state index is 0.0198. The van der Waals surface area contributed by atoms with Crippen LogP contribution < -0.4 is 0 Å². The van der Waals surface area contributed by atoms with Gasteiger partial charge in [-0.1, -0.05) is 44.1 Å². The van der Waals surface area contributed by atoms with E-state index >= 15 is 0 Å². The average Bonchev–Trinajstić information content (AvgIpc) is 2.24. The van der Waals surface area contributed by atoms with Crippen LogP contribution in [0.2, 0.25) is 0 Å². The van der Waals surface area contributed by atoms with Gasteiger partial charge in [0.05, 0.1) is 5.41 Å². The molecule has 0 aliphatic heterocycles. The molecule has 0 fully saturated rings. The molecule has 0 radical (unpaired) electrons. The van der Waals surface area contributed by atoms with Gasteiger partial charge in [0.2, 0.25) is 0 Å². The summed E-state index contributed by atoms with van der Waals surface area (Å²) in [4.78, 5) is 12.1. The summed E-state index contributed by atoms with van der Waals surface area (Å²) < 4.78 is 5.16. The van der Waals surface area contributed by atoms with Gasteiger partial charge in [0.15, 0.2) is 0 Å². The summed E-state index contributed by atoms with van der Waals surface area (Å²) in [6.07, 6.45) is 4.75. The lowest BCUT2D eigenvalue weighted by Gasteiger charge is -2.47. The van der Waals surface area contributed by atoms with Gasteiger partial charge in [-0.2, -0.15) is 0 Å². The molecule has 0 amide bonds. The van der Waals surface area contributed by atoms with Gasteiger partial charge in [-0.05, 0) is 25.7 Å². The molecule has 2 unspecified atom stereocenters. The van der Waals surface area contributed by atoms with Crippen LogP contribution in [0.3, 0.4) is 0 Å². The van der Waals surface area contributed by atoms with Crippen LogP contribution >= 0.6 is 0 Å². The summed E-state index contributed by atoms with van der Waals surface area (Å²) in [5.41, 5.74) is 0.945. The molecule has 0 heterocycles. The van der Waals surface area contributed by atoms with E-state index in [1.807, 2.05) is 40.7 Å². The third-order valence-corrected chi connectivity index (χ3v) is 4.22. The molecular weight excluding hydrogens is 240 g/mol. The molecule has 1 aliphatic rings. The van der Waals surface area contributed by atoms with E-state index in [1.54, 1.807) is 7.11 Å². The smallest absolute Gasteiger partial charge is 0.314 e. The second kappa shape index (κ2) is 5.49. The summed E-state index contributed by atoms with van der Waals surface area (Å²) in [6.45, 7) is 10.6. The number of ether oxygens (including phenoxy) is 1. The van der Waals surface area contributed by atoms with Crippen molar-refractivity contribution in [2.75, 3.05) is 13.7 Å². The molecule has 0 aromatic heterocycles. The van der Waals surface area contributed by atoms with Crippen molar-refractivity contribution in [1.29, 1.82) is 0 Å². The molecule has 0 saturated heterocycles. The van der Waals surface area contributed by atoms with Crippen LogP contribution in [0.1, 0.15) is 41.0 Å². The highest BCUT2D eigenvalue weighted by Gasteiger charge is 2.53. The summed E-state index contributed by atoms with van der Waals surface area (Å²) in [5, 5.41) is 9.92. The number of carboxylic acid groups (broad SMARTS) is 1. The standard InChI is InChI=1S/C16H26O3/c1-11-9-12(2)13(7-8-19-6)16(10-11,14(17)18)15(3,4)5/h9-10,13H,7-8H2,1-6H3,(H,17,18). The van der Waals surface area contributed by atoms with Crippen molar-refractivity contribution in [3.05, 3.63) is 23.3 Å². The van der Waals surface area contributed by atoms with E-state index in [1.165, 1.54) is 0 Å². The van der Waals surface area contributed by atoms with Gasteiger partial charge in [-0.25, -0.2) is 0 Å². The normalized spacial score (nSPS) is 27.8. The molecule has 0 spiro atoms. The van der Waals surface area contributed by atoms with Gasteiger partial charge in [0.1, 0.15) is 0 Å². The van der Waals surface area contributed by atoms with Crippen molar-refractivity contribution in [2.24, 2.45) is 16.7 Å². The maximum atomic E-state index is 12.1. The highest BCUT2D eigenvalue weighted by atomic mass is 16.5. The Bertz CT molecular complexity index is 412. The first kappa shape index (κ1) is 16.0.